The first kappa shape index (κ1) is 46.1. The summed E-state index contributed by atoms with van der Waals surface area (Å²) in [5.41, 5.74) is 0. The van der Waals surface area contributed by atoms with Crippen molar-refractivity contribution < 1.29 is 20.1 Å². The Morgan fingerprint density at radius 2 is 0.830 bits per heavy atom. The molecule has 47 heavy (non-hydrogen) atoms. The minimum Gasteiger partial charge on any atom is -0.394 e. The van der Waals surface area contributed by atoms with E-state index in [1.165, 1.54) is 173 Å². The molecule has 0 saturated carbocycles. The van der Waals surface area contributed by atoms with Gasteiger partial charge in [0.25, 0.3) is 0 Å². The van der Waals surface area contributed by atoms with Crippen LogP contribution in [-0.2, 0) is 4.79 Å². The summed E-state index contributed by atoms with van der Waals surface area (Å²) < 4.78 is 0. The van der Waals surface area contributed by atoms with E-state index in [2.05, 4.69) is 19.2 Å². The zero-order valence-electron chi connectivity index (χ0n) is 31.7. The van der Waals surface area contributed by atoms with Crippen LogP contribution in [0.2, 0.25) is 0 Å². The fourth-order valence-electron chi connectivity index (χ4n) is 6.54. The van der Waals surface area contributed by atoms with Crippen LogP contribution < -0.4 is 5.32 Å². The van der Waals surface area contributed by atoms with Crippen LogP contribution in [0.25, 0.3) is 0 Å². The molecule has 0 aliphatic rings. The molecule has 0 fully saturated rings. The Morgan fingerprint density at radius 1 is 0.511 bits per heavy atom. The number of unbranched alkanes of at least 4 members (excludes halogenated alkanes) is 30. The molecule has 5 heteroatoms. The summed E-state index contributed by atoms with van der Waals surface area (Å²) in [6.07, 6.45) is 43.8. The van der Waals surface area contributed by atoms with E-state index in [1.807, 2.05) is 6.08 Å². The van der Waals surface area contributed by atoms with Gasteiger partial charge in [-0.15, -0.1) is 0 Å². The number of carbonyl (C=O) groups is 1. The maximum atomic E-state index is 12.4. The smallest absolute Gasteiger partial charge is 0.249 e. The molecular weight excluding hydrogens is 582 g/mol. The standard InChI is InChI=1S/C42H83NO4/c1-3-5-7-9-11-13-15-17-18-19-20-21-22-23-24-25-27-29-31-33-35-37-41(46)42(47)43-39(38-44)40(45)36-34-32-30-28-26-16-14-12-10-8-6-4-2/h34,36,39-41,44-46H,3-33,35,37-38H2,1-2H3,(H,43,47)/b36-34+. The van der Waals surface area contributed by atoms with E-state index in [9.17, 15) is 20.1 Å². The molecule has 1 amide bonds. The molecule has 0 saturated heterocycles. The second-order valence-corrected chi connectivity index (χ2v) is 14.6. The van der Waals surface area contributed by atoms with E-state index in [4.69, 9.17) is 0 Å². The van der Waals surface area contributed by atoms with E-state index in [0.717, 1.165) is 32.1 Å². The molecule has 0 aromatic heterocycles. The van der Waals surface area contributed by atoms with Crippen molar-refractivity contribution in [2.45, 2.75) is 244 Å². The zero-order chi connectivity index (χ0) is 34.5. The molecule has 0 aliphatic heterocycles. The van der Waals surface area contributed by atoms with Gasteiger partial charge in [-0.3, -0.25) is 4.79 Å². The van der Waals surface area contributed by atoms with Crippen molar-refractivity contribution >= 4 is 5.91 Å². The lowest BCUT2D eigenvalue weighted by Crippen LogP contribution is -2.48. The predicted octanol–water partition coefficient (Wildman–Crippen LogP) is 11.7. The normalized spacial score (nSPS) is 13.7. The summed E-state index contributed by atoms with van der Waals surface area (Å²) in [6.45, 7) is 4.18. The van der Waals surface area contributed by atoms with Crippen LogP contribution in [0.3, 0.4) is 0 Å². The summed E-state index contributed by atoms with van der Waals surface area (Å²) in [7, 11) is 0. The van der Waals surface area contributed by atoms with Crippen molar-refractivity contribution in [3.05, 3.63) is 12.2 Å². The Kier molecular flexibility index (Phi) is 37.2. The predicted molar refractivity (Wildman–Crippen MR) is 204 cm³/mol. The SMILES string of the molecule is CCCCCCCCCCCC/C=C/C(O)C(CO)NC(=O)C(O)CCCCCCCCCCCCCCCCCCCCCCC. The number of aliphatic hydroxyl groups is 3. The molecule has 0 rings (SSSR count). The van der Waals surface area contributed by atoms with Gasteiger partial charge in [0.15, 0.2) is 0 Å². The minimum atomic E-state index is -1.09. The second-order valence-electron chi connectivity index (χ2n) is 14.6. The van der Waals surface area contributed by atoms with Crippen LogP contribution in [0.4, 0.5) is 0 Å². The lowest BCUT2D eigenvalue weighted by molar-refractivity contribution is -0.131. The largest absolute Gasteiger partial charge is 0.394 e. The first-order valence-corrected chi connectivity index (χ1v) is 21.0. The Labute approximate surface area is 293 Å². The lowest BCUT2D eigenvalue weighted by Gasteiger charge is -2.21. The number of rotatable bonds is 38. The molecule has 0 spiro atoms. The quantitative estimate of drug-likeness (QED) is 0.0390. The molecule has 0 radical (unpaired) electrons. The fourth-order valence-corrected chi connectivity index (χ4v) is 6.54. The Balaban J connectivity index is 3.61. The van der Waals surface area contributed by atoms with E-state index in [-0.39, 0.29) is 6.61 Å². The average Bonchev–Trinajstić information content (AvgIpc) is 3.07. The molecule has 280 valence electrons. The van der Waals surface area contributed by atoms with Crippen LogP contribution in [-0.4, -0.2) is 46.1 Å². The van der Waals surface area contributed by atoms with E-state index in [0.29, 0.717) is 6.42 Å². The van der Waals surface area contributed by atoms with Crippen molar-refractivity contribution in [1.82, 2.24) is 5.32 Å². The van der Waals surface area contributed by atoms with Crippen molar-refractivity contribution in [2.75, 3.05) is 6.61 Å². The number of nitrogens with one attached hydrogen (secondary N) is 1. The zero-order valence-corrected chi connectivity index (χ0v) is 31.7. The number of hydrogen-bond acceptors (Lipinski definition) is 4. The molecule has 0 heterocycles. The molecule has 0 aromatic rings. The number of hydrogen-bond donors (Lipinski definition) is 4. The lowest BCUT2D eigenvalue weighted by atomic mass is 10.0. The highest BCUT2D eigenvalue weighted by Gasteiger charge is 2.22. The Morgan fingerprint density at radius 3 is 1.17 bits per heavy atom. The summed E-state index contributed by atoms with van der Waals surface area (Å²) in [5.74, 6) is -0.501. The average molecular weight is 666 g/mol. The molecule has 3 atom stereocenters. The van der Waals surface area contributed by atoms with E-state index < -0.39 is 24.2 Å². The third kappa shape index (κ3) is 33.4. The van der Waals surface area contributed by atoms with Crippen LogP contribution in [0.1, 0.15) is 226 Å². The van der Waals surface area contributed by atoms with E-state index in [1.54, 1.807) is 6.08 Å². The summed E-state index contributed by atoms with van der Waals surface area (Å²) in [4.78, 5) is 12.4. The van der Waals surface area contributed by atoms with Crippen LogP contribution in [0.5, 0.6) is 0 Å². The Hall–Kier alpha value is -0.910. The third-order valence-corrected chi connectivity index (χ3v) is 9.88. The fraction of sp³-hybridized carbons (Fsp3) is 0.929. The van der Waals surface area contributed by atoms with Gasteiger partial charge in [0, 0.05) is 0 Å². The van der Waals surface area contributed by atoms with Crippen molar-refractivity contribution in [2.24, 2.45) is 0 Å². The van der Waals surface area contributed by atoms with Crippen molar-refractivity contribution in [1.29, 1.82) is 0 Å². The van der Waals surface area contributed by atoms with Crippen LogP contribution in [0.15, 0.2) is 12.2 Å². The summed E-state index contributed by atoms with van der Waals surface area (Å²) in [5, 5.41) is 33.0. The topological polar surface area (TPSA) is 89.8 Å². The first-order valence-electron chi connectivity index (χ1n) is 21.0. The van der Waals surface area contributed by atoms with Gasteiger partial charge in [-0.1, -0.05) is 219 Å². The molecular formula is C42H83NO4. The number of aliphatic hydroxyl groups excluding tert-OH is 3. The maximum absolute atomic E-state index is 12.4. The van der Waals surface area contributed by atoms with Gasteiger partial charge in [-0.05, 0) is 19.3 Å². The maximum Gasteiger partial charge on any atom is 0.249 e. The van der Waals surface area contributed by atoms with Gasteiger partial charge >= 0.3 is 0 Å². The van der Waals surface area contributed by atoms with E-state index >= 15 is 0 Å². The summed E-state index contributed by atoms with van der Waals surface area (Å²) in [6, 6.07) is -0.791. The highest BCUT2D eigenvalue weighted by molar-refractivity contribution is 5.80. The monoisotopic (exact) mass is 666 g/mol. The Bertz CT molecular complexity index is 655. The molecule has 0 aromatic carbocycles. The number of allylic oxidation sites excluding steroid dienone is 1. The number of amides is 1. The second kappa shape index (κ2) is 37.9. The van der Waals surface area contributed by atoms with Crippen molar-refractivity contribution in [3.8, 4) is 0 Å². The molecule has 0 aliphatic carbocycles. The van der Waals surface area contributed by atoms with Gasteiger partial charge in [0.2, 0.25) is 5.91 Å². The molecule has 5 nitrogen and oxygen atoms in total. The van der Waals surface area contributed by atoms with Crippen molar-refractivity contribution in [3.63, 3.8) is 0 Å². The molecule has 4 N–H and O–H groups in total. The van der Waals surface area contributed by atoms with Crippen LogP contribution in [0, 0.1) is 0 Å². The molecule has 3 unspecified atom stereocenters. The van der Waals surface area contributed by atoms with Gasteiger partial charge in [-0.2, -0.15) is 0 Å². The van der Waals surface area contributed by atoms with Gasteiger partial charge in [-0.25, -0.2) is 0 Å². The van der Waals surface area contributed by atoms with Gasteiger partial charge in [0.1, 0.15) is 6.10 Å². The van der Waals surface area contributed by atoms with Crippen LogP contribution >= 0.6 is 0 Å². The van der Waals surface area contributed by atoms with Gasteiger partial charge < -0.3 is 20.6 Å². The third-order valence-electron chi connectivity index (χ3n) is 9.88. The number of carbonyl (C=O) groups excluding carboxylic acids is 1. The minimum absolute atomic E-state index is 0.360. The highest BCUT2D eigenvalue weighted by Crippen LogP contribution is 2.16. The first-order chi connectivity index (χ1) is 23.1. The summed E-state index contributed by atoms with van der Waals surface area (Å²) >= 11 is 0. The highest BCUT2D eigenvalue weighted by atomic mass is 16.3. The molecule has 0 bridgehead atoms. The van der Waals surface area contributed by atoms with Gasteiger partial charge in [0.05, 0.1) is 18.8 Å².